The third-order valence-corrected chi connectivity index (χ3v) is 3.66. The second-order valence-electron chi connectivity index (χ2n) is 5.12. The summed E-state index contributed by atoms with van der Waals surface area (Å²) in [4.78, 5) is 47.6. The highest BCUT2D eigenvalue weighted by Crippen LogP contribution is 2.12. The zero-order chi connectivity index (χ0) is 16.2. The van der Waals surface area contributed by atoms with Crippen LogP contribution in [0.1, 0.15) is 33.6 Å². The number of nitrogens with zero attached hydrogens (tertiary/aromatic N) is 1. The number of amides is 4. The molecule has 0 saturated carbocycles. The van der Waals surface area contributed by atoms with Gasteiger partial charge in [-0.25, -0.2) is 9.59 Å². The second-order valence-corrected chi connectivity index (χ2v) is 5.12. The van der Waals surface area contributed by atoms with Crippen molar-refractivity contribution < 1.29 is 24.3 Å². The van der Waals surface area contributed by atoms with Gasteiger partial charge in [0.05, 0.1) is 0 Å². The third-order valence-electron chi connectivity index (χ3n) is 3.66. The molecule has 8 nitrogen and oxygen atoms in total. The van der Waals surface area contributed by atoms with Crippen LogP contribution in [0.5, 0.6) is 0 Å². The Morgan fingerprint density at radius 1 is 1.43 bits per heavy atom. The van der Waals surface area contributed by atoms with Gasteiger partial charge in [0.2, 0.25) is 11.8 Å². The number of carboxylic acids is 1. The molecule has 0 radical (unpaired) electrons. The molecule has 1 saturated heterocycles. The van der Waals surface area contributed by atoms with Gasteiger partial charge in [-0.15, -0.1) is 0 Å². The summed E-state index contributed by atoms with van der Waals surface area (Å²) in [5, 5.41) is 13.7. The van der Waals surface area contributed by atoms with E-state index in [4.69, 9.17) is 5.11 Å². The minimum Gasteiger partial charge on any atom is -0.480 e. The smallest absolute Gasteiger partial charge is 0.326 e. The summed E-state index contributed by atoms with van der Waals surface area (Å²) < 4.78 is 0. The average Bonchev–Trinajstić information content (AvgIpc) is 2.42. The van der Waals surface area contributed by atoms with Gasteiger partial charge < -0.3 is 15.3 Å². The Labute approximate surface area is 122 Å². The molecule has 4 amide bonds. The van der Waals surface area contributed by atoms with Crippen LogP contribution in [0, 0.1) is 5.92 Å². The summed E-state index contributed by atoms with van der Waals surface area (Å²) in [6, 6.07) is -2.54. The highest BCUT2D eigenvalue weighted by Gasteiger charge is 2.37. The second kappa shape index (κ2) is 7.05. The van der Waals surface area contributed by atoms with Crippen molar-refractivity contribution >= 4 is 23.8 Å². The number of carboxylic acid groups (broad SMARTS) is 1. The predicted molar refractivity (Wildman–Crippen MR) is 73.3 cm³/mol. The van der Waals surface area contributed by atoms with E-state index in [1.165, 1.54) is 0 Å². The first-order chi connectivity index (χ1) is 9.81. The van der Waals surface area contributed by atoms with Crippen LogP contribution in [0.3, 0.4) is 0 Å². The van der Waals surface area contributed by atoms with Crippen molar-refractivity contribution in [2.75, 3.05) is 6.54 Å². The molecule has 3 atom stereocenters. The first-order valence-corrected chi connectivity index (χ1v) is 6.95. The van der Waals surface area contributed by atoms with Crippen LogP contribution >= 0.6 is 0 Å². The number of imide groups is 1. The lowest BCUT2D eigenvalue weighted by molar-refractivity contribution is -0.140. The fraction of sp³-hybridized carbons (Fsp3) is 0.692. The van der Waals surface area contributed by atoms with E-state index in [0.717, 1.165) is 4.90 Å². The van der Waals surface area contributed by atoms with Gasteiger partial charge in [-0.2, -0.15) is 0 Å². The molecule has 8 heteroatoms. The summed E-state index contributed by atoms with van der Waals surface area (Å²) in [5.74, 6) is -2.52. The average molecular weight is 299 g/mol. The van der Waals surface area contributed by atoms with Gasteiger partial charge in [0.1, 0.15) is 18.6 Å². The molecule has 0 aromatic rings. The Balaban J connectivity index is 2.86. The van der Waals surface area contributed by atoms with Gasteiger partial charge in [-0.1, -0.05) is 27.2 Å². The van der Waals surface area contributed by atoms with Crippen molar-refractivity contribution in [3.63, 3.8) is 0 Å². The molecule has 3 N–H and O–H groups in total. The number of urea groups is 1. The number of piperazine rings is 1. The van der Waals surface area contributed by atoms with E-state index in [0.29, 0.717) is 12.8 Å². The van der Waals surface area contributed by atoms with Gasteiger partial charge in [-0.3, -0.25) is 14.9 Å². The molecule has 1 aliphatic rings. The van der Waals surface area contributed by atoms with Crippen LogP contribution in [0.2, 0.25) is 0 Å². The van der Waals surface area contributed by atoms with Crippen molar-refractivity contribution in [2.24, 2.45) is 5.92 Å². The van der Waals surface area contributed by atoms with Crippen LogP contribution in [-0.2, 0) is 14.4 Å². The summed E-state index contributed by atoms with van der Waals surface area (Å²) in [6.45, 7) is 4.98. The largest absolute Gasteiger partial charge is 0.480 e. The number of carbonyl (C=O) groups is 4. The first kappa shape index (κ1) is 16.9. The van der Waals surface area contributed by atoms with Gasteiger partial charge in [0.15, 0.2) is 0 Å². The highest BCUT2D eigenvalue weighted by molar-refractivity contribution is 6.04. The summed E-state index contributed by atoms with van der Waals surface area (Å²) in [7, 11) is 0. The molecule has 0 spiro atoms. The van der Waals surface area contributed by atoms with E-state index in [1.807, 2.05) is 6.92 Å². The Morgan fingerprint density at radius 3 is 2.52 bits per heavy atom. The molecule has 0 aromatic carbocycles. The Hall–Kier alpha value is -2.12. The SMILES string of the molecule is CCC(C)[C@H](NC(=O)N1CC(=O)NC(=O)C1CC)C(=O)O. The minimum atomic E-state index is -1.14. The summed E-state index contributed by atoms with van der Waals surface area (Å²) in [5.41, 5.74) is 0. The van der Waals surface area contributed by atoms with Crippen LogP contribution in [0.4, 0.5) is 4.79 Å². The van der Waals surface area contributed by atoms with Gasteiger partial charge in [0, 0.05) is 0 Å². The molecule has 118 valence electrons. The van der Waals surface area contributed by atoms with E-state index in [2.05, 4.69) is 10.6 Å². The number of rotatable bonds is 5. The van der Waals surface area contributed by atoms with Crippen LogP contribution < -0.4 is 10.6 Å². The summed E-state index contributed by atoms with van der Waals surface area (Å²) in [6.07, 6.45) is 0.918. The molecule has 0 bridgehead atoms. The molecule has 2 unspecified atom stereocenters. The standard InChI is InChI=1S/C13H21N3O5/c1-4-7(3)10(12(19)20)15-13(21)16-6-9(17)14-11(18)8(16)5-2/h7-8,10H,4-6H2,1-3H3,(H,15,21)(H,19,20)(H,14,17,18)/t7?,8?,10-/m0/s1. The molecule has 1 aliphatic heterocycles. The minimum absolute atomic E-state index is 0.261. The summed E-state index contributed by atoms with van der Waals surface area (Å²) >= 11 is 0. The van der Waals surface area contributed by atoms with Crippen molar-refractivity contribution in [2.45, 2.75) is 45.7 Å². The first-order valence-electron chi connectivity index (χ1n) is 6.95. The van der Waals surface area contributed by atoms with E-state index in [-0.39, 0.29) is 12.5 Å². The lowest BCUT2D eigenvalue weighted by Crippen LogP contribution is -2.63. The molecule has 1 heterocycles. The molecule has 1 rings (SSSR count). The maximum absolute atomic E-state index is 12.2. The van der Waals surface area contributed by atoms with Crippen LogP contribution in [0.25, 0.3) is 0 Å². The van der Waals surface area contributed by atoms with Gasteiger partial charge >= 0.3 is 12.0 Å². The molecule has 21 heavy (non-hydrogen) atoms. The normalized spacial score (nSPS) is 21.5. The third kappa shape index (κ3) is 3.93. The predicted octanol–water partition coefficient (Wildman–Crippen LogP) is -0.0677. The molecule has 0 aliphatic carbocycles. The van der Waals surface area contributed by atoms with E-state index in [9.17, 15) is 19.2 Å². The number of aliphatic carboxylic acids is 1. The van der Waals surface area contributed by atoms with Gasteiger partial charge in [-0.05, 0) is 12.3 Å². The lowest BCUT2D eigenvalue weighted by Gasteiger charge is -2.34. The Kier molecular flexibility index (Phi) is 5.69. The zero-order valence-corrected chi connectivity index (χ0v) is 12.4. The van der Waals surface area contributed by atoms with Crippen molar-refractivity contribution in [3.8, 4) is 0 Å². The zero-order valence-electron chi connectivity index (χ0n) is 12.4. The molecular formula is C13H21N3O5. The maximum atomic E-state index is 12.2. The van der Waals surface area contributed by atoms with Crippen molar-refractivity contribution in [1.82, 2.24) is 15.5 Å². The fourth-order valence-corrected chi connectivity index (χ4v) is 2.18. The van der Waals surface area contributed by atoms with E-state index in [1.54, 1.807) is 13.8 Å². The number of nitrogens with one attached hydrogen (secondary N) is 2. The van der Waals surface area contributed by atoms with Crippen LogP contribution in [-0.4, -0.2) is 52.4 Å². The quantitative estimate of drug-likeness (QED) is 0.615. The van der Waals surface area contributed by atoms with Crippen molar-refractivity contribution in [1.29, 1.82) is 0 Å². The Bertz CT molecular complexity index is 451. The van der Waals surface area contributed by atoms with Gasteiger partial charge in [0.25, 0.3) is 0 Å². The molecule has 1 fully saturated rings. The van der Waals surface area contributed by atoms with Crippen LogP contribution in [0.15, 0.2) is 0 Å². The molecule has 0 aromatic heterocycles. The maximum Gasteiger partial charge on any atom is 0.326 e. The van der Waals surface area contributed by atoms with Crippen molar-refractivity contribution in [3.05, 3.63) is 0 Å². The Morgan fingerprint density at radius 2 is 2.05 bits per heavy atom. The number of hydrogen-bond acceptors (Lipinski definition) is 4. The topological polar surface area (TPSA) is 116 Å². The van der Waals surface area contributed by atoms with E-state index >= 15 is 0 Å². The number of carbonyl (C=O) groups excluding carboxylic acids is 3. The lowest BCUT2D eigenvalue weighted by atomic mass is 9.99. The van der Waals surface area contributed by atoms with E-state index < -0.39 is 35.9 Å². The highest BCUT2D eigenvalue weighted by atomic mass is 16.4. The molecular weight excluding hydrogens is 278 g/mol. The fourth-order valence-electron chi connectivity index (χ4n) is 2.18. The monoisotopic (exact) mass is 299 g/mol. The number of hydrogen-bond donors (Lipinski definition) is 3.